The lowest BCUT2D eigenvalue weighted by molar-refractivity contribution is 0.0969. The van der Waals surface area contributed by atoms with Gasteiger partial charge in [-0.3, -0.25) is 4.90 Å². The van der Waals surface area contributed by atoms with Crippen molar-refractivity contribution in [1.29, 1.82) is 0 Å². The smallest absolute Gasteiger partial charge is 0.317 e. The third-order valence-corrected chi connectivity index (χ3v) is 6.83. The normalized spacial score (nSPS) is 33.7. The summed E-state index contributed by atoms with van der Waals surface area (Å²) in [7, 11) is 1.80. The van der Waals surface area contributed by atoms with Crippen molar-refractivity contribution in [3.63, 3.8) is 0 Å². The van der Waals surface area contributed by atoms with Gasteiger partial charge in [-0.2, -0.15) is 0 Å². The molecule has 26 heavy (non-hydrogen) atoms. The molecule has 4 rings (SSSR count). The number of alkyl halides is 1. The average Bonchev–Trinajstić information content (AvgIpc) is 3.35. The van der Waals surface area contributed by atoms with Gasteiger partial charge in [0.2, 0.25) is 0 Å². The summed E-state index contributed by atoms with van der Waals surface area (Å²) < 4.78 is 19.8. The number of carbonyl (C=O) groups is 1. The van der Waals surface area contributed by atoms with Crippen LogP contribution >= 0.6 is 11.3 Å². The molecule has 3 aliphatic heterocycles. The van der Waals surface area contributed by atoms with Crippen LogP contribution in [-0.2, 0) is 11.3 Å². The van der Waals surface area contributed by atoms with Crippen LogP contribution in [0.3, 0.4) is 0 Å². The zero-order valence-electron chi connectivity index (χ0n) is 15.4. The molecule has 144 valence electrons. The van der Waals surface area contributed by atoms with Gasteiger partial charge in [-0.25, -0.2) is 14.2 Å². The summed E-state index contributed by atoms with van der Waals surface area (Å²) >= 11 is 1.61. The Morgan fingerprint density at radius 1 is 1.50 bits per heavy atom. The lowest BCUT2D eigenvalue weighted by atomic mass is 9.96. The predicted octanol–water partition coefficient (Wildman–Crippen LogP) is 2.33. The van der Waals surface area contributed by atoms with Gasteiger partial charge >= 0.3 is 6.03 Å². The number of ether oxygens (including phenoxy) is 1. The molecule has 3 saturated heterocycles. The van der Waals surface area contributed by atoms with Crippen LogP contribution in [0.1, 0.15) is 36.3 Å². The maximum atomic E-state index is 14.0. The first kappa shape index (κ1) is 18.1. The summed E-state index contributed by atoms with van der Waals surface area (Å²) in [5, 5.41) is 3.11. The summed E-state index contributed by atoms with van der Waals surface area (Å²) in [6.07, 6.45) is 3.19. The molecule has 3 aliphatic rings. The van der Waals surface area contributed by atoms with E-state index in [1.807, 2.05) is 12.4 Å². The van der Waals surface area contributed by atoms with Gasteiger partial charge in [-0.1, -0.05) is 0 Å². The fraction of sp³-hybridized carbons (Fsp3) is 0.778. The van der Waals surface area contributed by atoms with Crippen molar-refractivity contribution in [3.05, 3.63) is 16.1 Å². The third-order valence-electron chi connectivity index (χ3n) is 5.91. The molecule has 0 aliphatic carbocycles. The highest BCUT2D eigenvalue weighted by molar-refractivity contribution is 7.09. The van der Waals surface area contributed by atoms with E-state index in [9.17, 15) is 9.18 Å². The monoisotopic (exact) mass is 382 g/mol. The van der Waals surface area contributed by atoms with Crippen molar-refractivity contribution in [2.24, 2.45) is 0 Å². The minimum absolute atomic E-state index is 0.0403. The van der Waals surface area contributed by atoms with Crippen molar-refractivity contribution >= 4 is 17.4 Å². The number of hydrogen-bond acceptors (Lipinski definition) is 5. The molecule has 0 spiro atoms. The van der Waals surface area contributed by atoms with E-state index in [0.29, 0.717) is 32.2 Å². The zero-order chi connectivity index (χ0) is 18.3. The first-order valence-electron chi connectivity index (χ1n) is 9.43. The Hall–Kier alpha value is -1.25. The number of fused-ring (bicyclic) bond motifs is 2. The number of urea groups is 1. The maximum absolute atomic E-state index is 14.0. The summed E-state index contributed by atoms with van der Waals surface area (Å²) in [6, 6.07) is 0.0815. The second-order valence-electron chi connectivity index (χ2n) is 7.82. The number of likely N-dealkylation sites (N-methyl/N-ethyl adjacent to an activating group) is 1. The van der Waals surface area contributed by atoms with Crippen LogP contribution in [0.5, 0.6) is 0 Å². The lowest BCUT2D eigenvalue weighted by Gasteiger charge is -2.30. The molecule has 1 aromatic rings. The van der Waals surface area contributed by atoms with E-state index >= 15 is 0 Å². The highest BCUT2D eigenvalue weighted by Crippen LogP contribution is 2.34. The third kappa shape index (κ3) is 3.73. The molecule has 2 bridgehead atoms. The van der Waals surface area contributed by atoms with Crippen LogP contribution in [0.2, 0.25) is 0 Å². The number of nitrogens with one attached hydrogen (secondary N) is 1. The van der Waals surface area contributed by atoms with E-state index in [1.54, 1.807) is 23.3 Å². The van der Waals surface area contributed by atoms with E-state index < -0.39 is 6.17 Å². The minimum Gasteiger partial charge on any atom is -0.373 e. The summed E-state index contributed by atoms with van der Waals surface area (Å²) in [5.74, 6) is 0. The van der Waals surface area contributed by atoms with Crippen LogP contribution < -0.4 is 5.32 Å². The number of aryl methyl sites for hydroxylation is 1. The van der Waals surface area contributed by atoms with Gasteiger partial charge in [0, 0.05) is 37.6 Å². The molecule has 5 atom stereocenters. The van der Waals surface area contributed by atoms with E-state index in [2.05, 4.69) is 15.2 Å². The van der Waals surface area contributed by atoms with Crippen LogP contribution in [0.4, 0.5) is 9.18 Å². The quantitative estimate of drug-likeness (QED) is 0.849. The molecule has 1 N–H and O–H groups in total. The van der Waals surface area contributed by atoms with Gasteiger partial charge in [0.15, 0.2) is 0 Å². The molecule has 3 unspecified atom stereocenters. The Balaban J connectivity index is 1.32. The number of nitrogens with zero attached hydrogens (tertiary/aromatic N) is 3. The lowest BCUT2D eigenvalue weighted by Crippen LogP contribution is -2.50. The fourth-order valence-corrected chi connectivity index (χ4v) is 5.23. The SMILES string of the molecule is Cc1ncsc1CN1C[C@@H](F)C[C@H]1CN(C)C(=O)NC1CC2CCC1O2. The molecule has 0 aromatic carbocycles. The Kier molecular flexibility index (Phi) is 5.16. The van der Waals surface area contributed by atoms with Crippen molar-refractivity contribution in [2.75, 3.05) is 20.1 Å². The van der Waals surface area contributed by atoms with Crippen molar-refractivity contribution in [2.45, 2.75) is 69.6 Å². The van der Waals surface area contributed by atoms with E-state index in [1.165, 1.54) is 4.88 Å². The second-order valence-corrected chi connectivity index (χ2v) is 8.76. The molecule has 3 fully saturated rings. The first-order chi connectivity index (χ1) is 12.5. The van der Waals surface area contributed by atoms with Gasteiger partial charge in [0.1, 0.15) is 6.17 Å². The molecule has 8 heteroatoms. The van der Waals surface area contributed by atoms with Crippen LogP contribution in [0, 0.1) is 6.92 Å². The van der Waals surface area contributed by atoms with E-state index in [4.69, 9.17) is 4.74 Å². The predicted molar refractivity (Wildman–Crippen MR) is 98.0 cm³/mol. The molecule has 4 heterocycles. The standard InChI is InChI=1S/C18H27FN4O2S/c1-11-17(26-10-20-11)9-23-7-12(19)5-13(23)8-22(2)18(24)21-15-6-14-3-4-16(15)25-14/h10,12-16H,3-9H2,1-2H3,(H,21,24)/t12-,13-,14?,15?,16?/m0/s1. The summed E-state index contributed by atoms with van der Waals surface area (Å²) in [6.45, 7) is 3.65. The number of aromatic nitrogens is 1. The molecular weight excluding hydrogens is 355 g/mol. The number of rotatable bonds is 5. The van der Waals surface area contributed by atoms with Gasteiger partial charge in [0.05, 0.1) is 29.5 Å². The van der Waals surface area contributed by atoms with Gasteiger partial charge in [-0.15, -0.1) is 11.3 Å². The Bertz CT molecular complexity index is 657. The van der Waals surface area contributed by atoms with Crippen molar-refractivity contribution in [1.82, 2.24) is 20.1 Å². The Morgan fingerprint density at radius 3 is 3.00 bits per heavy atom. The van der Waals surface area contributed by atoms with Crippen LogP contribution in [-0.4, -0.2) is 71.4 Å². The van der Waals surface area contributed by atoms with Crippen LogP contribution in [0.15, 0.2) is 5.51 Å². The maximum Gasteiger partial charge on any atom is 0.317 e. The van der Waals surface area contributed by atoms with Gasteiger partial charge in [-0.05, 0) is 32.6 Å². The summed E-state index contributed by atoms with van der Waals surface area (Å²) in [5.41, 5.74) is 2.85. The molecule has 1 aromatic heterocycles. The van der Waals surface area contributed by atoms with Gasteiger partial charge in [0.25, 0.3) is 0 Å². The molecule has 0 saturated carbocycles. The topological polar surface area (TPSA) is 57.7 Å². The zero-order valence-corrected chi connectivity index (χ0v) is 16.2. The van der Waals surface area contributed by atoms with Gasteiger partial charge < -0.3 is 15.0 Å². The van der Waals surface area contributed by atoms with Crippen molar-refractivity contribution in [3.8, 4) is 0 Å². The molecule has 2 amide bonds. The minimum atomic E-state index is -0.830. The van der Waals surface area contributed by atoms with E-state index in [0.717, 1.165) is 25.0 Å². The number of hydrogen-bond donors (Lipinski definition) is 1. The second kappa shape index (κ2) is 7.40. The first-order valence-corrected chi connectivity index (χ1v) is 10.3. The number of likely N-dealkylation sites (tertiary alicyclic amines) is 1. The molecule has 0 radical (unpaired) electrons. The highest BCUT2D eigenvalue weighted by Gasteiger charge is 2.42. The Morgan fingerprint density at radius 2 is 2.35 bits per heavy atom. The Labute approximate surface area is 157 Å². The van der Waals surface area contributed by atoms with Crippen LogP contribution in [0.25, 0.3) is 0 Å². The number of thiazole rings is 1. The number of amides is 2. The number of carbonyl (C=O) groups excluding carboxylic acids is 1. The largest absolute Gasteiger partial charge is 0.373 e. The number of halogens is 1. The fourth-order valence-electron chi connectivity index (χ4n) is 4.43. The van der Waals surface area contributed by atoms with Crippen molar-refractivity contribution < 1.29 is 13.9 Å². The van der Waals surface area contributed by atoms with E-state index in [-0.39, 0.29) is 24.2 Å². The molecule has 6 nitrogen and oxygen atoms in total. The summed E-state index contributed by atoms with van der Waals surface area (Å²) in [4.78, 5) is 21.9. The highest BCUT2D eigenvalue weighted by atomic mass is 32.1. The average molecular weight is 383 g/mol. The molecular formula is C18H27FN4O2S.